The summed E-state index contributed by atoms with van der Waals surface area (Å²) in [6.07, 6.45) is 4.55. The molecular formula is C19H23N5O2. The maximum atomic E-state index is 5.52. The van der Waals surface area contributed by atoms with Gasteiger partial charge in [0.25, 0.3) is 0 Å². The smallest absolute Gasteiger partial charge is 0.146 e. The summed E-state index contributed by atoms with van der Waals surface area (Å²) in [5.41, 5.74) is 4.33. The summed E-state index contributed by atoms with van der Waals surface area (Å²) in [4.78, 5) is 9.27. The Labute approximate surface area is 152 Å². The third-order valence-electron chi connectivity index (χ3n) is 4.56. The van der Waals surface area contributed by atoms with E-state index in [9.17, 15) is 0 Å². The fourth-order valence-corrected chi connectivity index (χ4v) is 3.30. The summed E-state index contributed by atoms with van der Waals surface area (Å²) >= 11 is 0. The topological polar surface area (TPSA) is 74.1 Å². The molecule has 136 valence electrons. The molecule has 0 unspecified atom stereocenters. The van der Waals surface area contributed by atoms with E-state index < -0.39 is 0 Å². The van der Waals surface area contributed by atoms with Gasteiger partial charge in [-0.05, 0) is 38.5 Å². The van der Waals surface area contributed by atoms with Gasteiger partial charge in [-0.2, -0.15) is 5.10 Å². The average Bonchev–Trinajstić information content (AvgIpc) is 3.31. The number of hydrogen-bond donors (Lipinski definition) is 1. The normalized spacial score (nSPS) is 17.2. The van der Waals surface area contributed by atoms with E-state index >= 15 is 0 Å². The Morgan fingerprint density at radius 2 is 2.27 bits per heavy atom. The second-order valence-corrected chi connectivity index (χ2v) is 6.73. The number of fused-ring (bicyclic) bond motifs is 1. The molecular weight excluding hydrogens is 330 g/mol. The second-order valence-electron chi connectivity index (χ2n) is 6.73. The Kier molecular flexibility index (Phi) is 4.46. The van der Waals surface area contributed by atoms with Crippen LogP contribution < -0.4 is 10.1 Å². The Morgan fingerprint density at radius 1 is 1.38 bits per heavy atom. The number of aromatic nitrogens is 4. The molecule has 1 atom stereocenters. The molecule has 0 radical (unpaired) electrons. The molecule has 1 fully saturated rings. The second kappa shape index (κ2) is 6.92. The zero-order valence-corrected chi connectivity index (χ0v) is 15.3. The maximum absolute atomic E-state index is 5.52. The predicted octanol–water partition coefficient (Wildman–Crippen LogP) is 3.28. The molecule has 7 heteroatoms. The van der Waals surface area contributed by atoms with Crippen LogP contribution in [0.15, 0.2) is 30.6 Å². The number of nitrogens with zero attached hydrogens (tertiary/aromatic N) is 4. The Bertz CT molecular complexity index is 915. The van der Waals surface area contributed by atoms with E-state index in [1.54, 1.807) is 13.3 Å². The van der Waals surface area contributed by atoms with Gasteiger partial charge in [0.2, 0.25) is 0 Å². The van der Waals surface area contributed by atoms with Gasteiger partial charge in [0.1, 0.15) is 22.5 Å². The van der Waals surface area contributed by atoms with Crippen LogP contribution in [0, 0.1) is 0 Å². The van der Waals surface area contributed by atoms with E-state index in [1.807, 2.05) is 29.1 Å². The summed E-state index contributed by atoms with van der Waals surface area (Å²) in [6, 6.07) is 6.31. The van der Waals surface area contributed by atoms with Crippen molar-refractivity contribution >= 4 is 16.7 Å². The minimum Gasteiger partial charge on any atom is -0.494 e. The van der Waals surface area contributed by atoms with Gasteiger partial charge in [0.05, 0.1) is 37.3 Å². The molecule has 1 N–H and O–H groups in total. The van der Waals surface area contributed by atoms with Crippen LogP contribution in [-0.2, 0) is 4.74 Å². The lowest BCUT2D eigenvalue weighted by Crippen LogP contribution is -2.20. The predicted molar refractivity (Wildman–Crippen MR) is 101 cm³/mol. The fourth-order valence-electron chi connectivity index (χ4n) is 3.30. The summed E-state index contributed by atoms with van der Waals surface area (Å²) in [7, 11) is 1.64. The van der Waals surface area contributed by atoms with Gasteiger partial charge in [-0.1, -0.05) is 0 Å². The van der Waals surface area contributed by atoms with Crippen molar-refractivity contribution in [2.45, 2.75) is 32.4 Å². The number of nitrogens with one attached hydrogen (secondary N) is 1. The van der Waals surface area contributed by atoms with Crippen LogP contribution in [0.1, 0.15) is 26.3 Å². The SMILES string of the molecule is COc1cccnc1-c1cc(N[C@@H]2CCOC2)c2c(cnn2C(C)C)n1. The van der Waals surface area contributed by atoms with Crippen molar-refractivity contribution in [3.05, 3.63) is 30.6 Å². The molecule has 1 saturated heterocycles. The molecule has 0 amide bonds. The minimum atomic E-state index is 0.241. The summed E-state index contributed by atoms with van der Waals surface area (Å²) in [6.45, 7) is 5.73. The van der Waals surface area contributed by atoms with E-state index in [0.29, 0.717) is 12.4 Å². The van der Waals surface area contributed by atoms with Crippen LogP contribution in [0.4, 0.5) is 5.69 Å². The highest BCUT2D eigenvalue weighted by molar-refractivity contribution is 5.91. The van der Waals surface area contributed by atoms with Crippen LogP contribution in [0.25, 0.3) is 22.4 Å². The molecule has 7 nitrogen and oxygen atoms in total. The van der Waals surface area contributed by atoms with Gasteiger partial charge in [-0.3, -0.25) is 9.67 Å². The van der Waals surface area contributed by atoms with Gasteiger partial charge in [0.15, 0.2) is 0 Å². The molecule has 0 aromatic carbocycles. The Hall–Kier alpha value is -2.67. The van der Waals surface area contributed by atoms with Crippen molar-refractivity contribution in [1.82, 2.24) is 19.7 Å². The first kappa shape index (κ1) is 16.8. The van der Waals surface area contributed by atoms with Gasteiger partial charge in [0, 0.05) is 18.8 Å². The standard InChI is InChI=1S/C19H23N5O2/c1-12(2)24-19-15(22-13-6-8-26-11-13)9-14(23-16(19)10-21-24)18-17(25-3)5-4-7-20-18/h4-5,7,9-10,12-13H,6,8,11H2,1-3H3,(H,22,23)/t13-/m1/s1. The Balaban J connectivity index is 1.87. The third kappa shape index (κ3) is 2.99. The highest BCUT2D eigenvalue weighted by Crippen LogP contribution is 2.33. The van der Waals surface area contributed by atoms with E-state index in [-0.39, 0.29) is 12.1 Å². The van der Waals surface area contributed by atoms with Crippen molar-refractivity contribution in [3.8, 4) is 17.1 Å². The molecule has 4 heterocycles. The summed E-state index contributed by atoms with van der Waals surface area (Å²) in [5.74, 6) is 0.700. The summed E-state index contributed by atoms with van der Waals surface area (Å²) in [5, 5.41) is 8.16. The molecule has 3 aromatic heterocycles. The molecule has 3 aromatic rings. The minimum absolute atomic E-state index is 0.241. The van der Waals surface area contributed by atoms with Crippen molar-refractivity contribution in [2.24, 2.45) is 0 Å². The first-order valence-corrected chi connectivity index (χ1v) is 8.89. The average molecular weight is 353 g/mol. The largest absolute Gasteiger partial charge is 0.494 e. The van der Waals surface area contributed by atoms with E-state index in [0.717, 1.165) is 41.1 Å². The van der Waals surface area contributed by atoms with Gasteiger partial charge in [-0.15, -0.1) is 0 Å². The molecule has 4 rings (SSSR count). The van der Waals surface area contributed by atoms with E-state index in [2.05, 4.69) is 29.2 Å². The van der Waals surface area contributed by atoms with Gasteiger partial charge >= 0.3 is 0 Å². The molecule has 0 aliphatic carbocycles. The lowest BCUT2D eigenvalue weighted by Gasteiger charge is -2.17. The Morgan fingerprint density at radius 3 is 3.00 bits per heavy atom. The fraction of sp³-hybridized carbons (Fsp3) is 0.421. The van der Waals surface area contributed by atoms with Gasteiger partial charge in [-0.25, -0.2) is 4.98 Å². The third-order valence-corrected chi connectivity index (χ3v) is 4.56. The number of anilines is 1. The maximum Gasteiger partial charge on any atom is 0.146 e. The van der Waals surface area contributed by atoms with Crippen LogP contribution in [0.2, 0.25) is 0 Å². The number of methoxy groups -OCH3 is 1. The number of pyridine rings is 2. The lowest BCUT2D eigenvalue weighted by molar-refractivity contribution is 0.195. The molecule has 0 saturated carbocycles. The van der Waals surface area contributed by atoms with Crippen LogP contribution in [0.5, 0.6) is 5.75 Å². The monoisotopic (exact) mass is 353 g/mol. The van der Waals surface area contributed by atoms with Crippen LogP contribution in [0.3, 0.4) is 0 Å². The molecule has 1 aliphatic rings. The van der Waals surface area contributed by atoms with Crippen LogP contribution in [-0.4, -0.2) is 46.1 Å². The number of ether oxygens (including phenoxy) is 2. The molecule has 26 heavy (non-hydrogen) atoms. The number of rotatable bonds is 5. The zero-order valence-electron chi connectivity index (χ0n) is 15.3. The van der Waals surface area contributed by atoms with Gasteiger partial charge < -0.3 is 14.8 Å². The van der Waals surface area contributed by atoms with Crippen LogP contribution >= 0.6 is 0 Å². The van der Waals surface area contributed by atoms with Crippen molar-refractivity contribution < 1.29 is 9.47 Å². The van der Waals surface area contributed by atoms with E-state index in [1.165, 1.54) is 0 Å². The quantitative estimate of drug-likeness (QED) is 0.759. The highest BCUT2D eigenvalue weighted by atomic mass is 16.5. The van der Waals surface area contributed by atoms with Crippen molar-refractivity contribution in [1.29, 1.82) is 0 Å². The zero-order chi connectivity index (χ0) is 18.1. The summed E-state index contributed by atoms with van der Waals surface area (Å²) < 4.78 is 13.0. The molecule has 0 bridgehead atoms. The lowest BCUT2D eigenvalue weighted by atomic mass is 10.1. The van der Waals surface area contributed by atoms with Crippen molar-refractivity contribution in [3.63, 3.8) is 0 Å². The molecule has 1 aliphatic heterocycles. The van der Waals surface area contributed by atoms with E-state index in [4.69, 9.17) is 14.5 Å². The number of hydrogen-bond acceptors (Lipinski definition) is 6. The van der Waals surface area contributed by atoms with Crippen molar-refractivity contribution in [2.75, 3.05) is 25.6 Å². The molecule has 0 spiro atoms. The first-order chi connectivity index (χ1) is 12.7. The first-order valence-electron chi connectivity index (χ1n) is 8.89. The highest BCUT2D eigenvalue weighted by Gasteiger charge is 2.21.